The molecule has 0 radical (unpaired) electrons. The quantitative estimate of drug-likeness (QED) is 0.215. The first-order valence-electron chi connectivity index (χ1n) is 15.0. The van der Waals surface area contributed by atoms with E-state index in [1.54, 1.807) is 0 Å². The summed E-state index contributed by atoms with van der Waals surface area (Å²) in [5.74, 6) is 0. The second-order valence-corrected chi connectivity index (χ2v) is 11.4. The van der Waals surface area contributed by atoms with Crippen LogP contribution in [0.1, 0.15) is 12.5 Å². The number of hydrogen-bond acceptors (Lipinski definition) is 1. The Bertz CT molecular complexity index is 2180. The van der Waals surface area contributed by atoms with Gasteiger partial charge in [0.25, 0.3) is 0 Å². The maximum Gasteiger partial charge on any atom is 0.0331 e. The molecular formula is C42H31N. The Balaban J connectivity index is 1.31. The summed E-state index contributed by atoms with van der Waals surface area (Å²) in [4.78, 5) is 0. The van der Waals surface area contributed by atoms with Crippen molar-refractivity contribution in [3.63, 3.8) is 0 Å². The smallest absolute Gasteiger partial charge is 0.0331 e. The average Bonchev–Trinajstić information content (AvgIpc) is 3.07. The lowest BCUT2D eigenvalue weighted by Crippen LogP contribution is -2.15. The van der Waals surface area contributed by atoms with Gasteiger partial charge in [0.15, 0.2) is 0 Å². The molecule has 0 fully saturated rings. The summed E-state index contributed by atoms with van der Waals surface area (Å²) >= 11 is 0. The molecule has 0 bridgehead atoms. The van der Waals surface area contributed by atoms with Crippen LogP contribution in [0.25, 0.3) is 71.3 Å². The van der Waals surface area contributed by atoms with E-state index in [9.17, 15) is 0 Å². The highest BCUT2D eigenvalue weighted by Crippen LogP contribution is 2.44. The molecule has 1 heteroatoms. The molecule has 0 unspecified atom stereocenters. The molecule has 204 valence electrons. The Labute approximate surface area is 252 Å². The fraction of sp³-hybridized carbons (Fsp3) is 0.0476. The van der Waals surface area contributed by atoms with Crippen LogP contribution >= 0.6 is 0 Å². The van der Waals surface area contributed by atoms with Gasteiger partial charge in [0, 0.05) is 17.8 Å². The van der Waals surface area contributed by atoms with Gasteiger partial charge in [0.2, 0.25) is 0 Å². The zero-order chi connectivity index (χ0) is 28.8. The predicted octanol–water partition coefficient (Wildman–Crippen LogP) is 11.0. The zero-order valence-corrected chi connectivity index (χ0v) is 24.1. The van der Waals surface area contributed by atoms with Crippen molar-refractivity contribution >= 4 is 37.9 Å². The van der Waals surface area contributed by atoms with Gasteiger partial charge in [-0.15, -0.1) is 0 Å². The van der Waals surface area contributed by atoms with Crippen LogP contribution in [0.15, 0.2) is 157 Å². The van der Waals surface area contributed by atoms with Gasteiger partial charge in [-0.3, -0.25) is 0 Å². The predicted molar refractivity (Wildman–Crippen MR) is 185 cm³/mol. The van der Waals surface area contributed by atoms with Gasteiger partial charge < -0.3 is 5.32 Å². The van der Waals surface area contributed by atoms with Crippen molar-refractivity contribution in [2.75, 3.05) is 6.54 Å². The lowest BCUT2D eigenvalue weighted by Gasteiger charge is -2.18. The first kappa shape index (κ1) is 25.3. The molecule has 7 aromatic rings. The molecule has 0 saturated heterocycles. The van der Waals surface area contributed by atoms with Crippen LogP contribution < -0.4 is 5.32 Å². The minimum Gasteiger partial charge on any atom is -0.385 e. The second-order valence-electron chi connectivity index (χ2n) is 11.4. The summed E-state index contributed by atoms with van der Waals surface area (Å²) in [6.45, 7) is 3.05. The van der Waals surface area contributed by atoms with E-state index in [1.165, 1.54) is 82.5 Å². The summed E-state index contributed by atoms with van der Waals surface area (Å²) in [6.07, 6.45) is 4.42. The molecule has 1 N–H and O–H groups in total. The molecule has 0 amide bonds. The van der Waals surface area contributed by atoms with E-state index in [4.69, 9.17) is 0 Å². The fourth-order valence-corrected chi connectivity index (χ4v) is 6.73. The van der Waals surface area contributed by atoms with Crippen molar-refractivity contribution in [3.8, 4) is 33.4 Å². The van der Waals surface area contributed by atoms with Crippen molar-refractivity contribution < 1.29 is 0 Å². The molecule has 1 aliphatic heterocycles. The van der Waals surface area contributed by atoms with E-state index < -0.39 is 0 Å². The van der Waals surface area contributed by atoms with Gasteiger partial charge in [0.1, 0.15) is 0 Å². The summed E-state index contributed by atoms with van der Waals surface area (Å²) in [7, 11) is 0. The van der Waals surface area contributed by atoms with Gasteiger partial charge in [-0.05, 0) is 96.4 Å². The standard InChI is InChI=1S/C42H31N/c1-28-36(19-10-24-43-28)33-14-9-13-31(25-33)32-22-20-29-21-23-34(27-35(29)26-32)42-39-17-7-5-15-37(39)41(30-11-3-2-4-12-30)38-16-6-8-18-40(38)42/h2-23,25-27,43H,24H2,1H3. The zero-order valence-electron chi connectivity index (χ0n) is 24.1. The number of nitrogens with one attached hydrogen (secondary N) is 1. The lowest BCUT2D eigenvalue weighted by atomic mass is 9.85. The van der Waals surface area contributed by atoms with Crippen LogP contribution in [-0.2, 0) is 0 Å². The number of allylic oxidation sites excluding steroid dienone is 3. The normalized spacial score (nSPS) is 13.1. The van der Waals surface area contributed by atoms with Crippen molar-refractivity contribution in [1.82, 2.24) is 5.32 Å². The number of benzene rings is 7. The van der Waals surface area contributed by atoms with Crippen LogP contribution in [0.2, 0.25) is 0 Å². The third-order valence-electron chi connectivity index (χ3n) is 8.80. The monoisotopic (exact) mass is 549 g/mol. The minimum atomic E-state index is 0.890. The van der Waals surface area contributed by atoms with Crippen molar-refractivity contribution in [2.45, 2.75) is 6.92 Å². The third kappa shape index (κ3) is 4.42. The molecule has 43 heavy (non-hydrogen) atoms. The molecule has 8 rings (SSSR count). The molecule has 1 heterocycles. The summed E-state index contributed by atoms with van der Waals surface area (Å²) in [5, 5.41) is 11.1. The van der Waals surface area contributed by atoms with Crippen molar-refractivity contribution in [1.29, 1.82) is 0 Å². The Morgan fingerprint density at radius 2 is 0.977 bits per heavy atom. The molecule has 7 aromatic carbocycles. The molecular weight excluding hydrogens is 518 g/mol. The van der Waals surface area contributed by atoms with E-state index >= 15 is 0 Å². The lowest BCUT2D eigenvalue weighted by molar-refractivity contribution is 0.897. The Morgan fingerprint density at radius 3 is 1.65 bits per heavy atom. The highest BCUT2D eigenvalue weighted by atomic mass is 14.9. The maximum atomic E-state index is 3.47. The molecule has 0 aromatic heterocycles. The fourth-order valence-electron chi connectivity index (χ4n) is 6.73. The van der Waals surface area contributed by atoms with Crippen LogP contribution in [-0.4, -0.2) is 6.54 Å². The van der Waals surface area contributed by atoms with Crippen LogP contribution in [0.4, 0.5) is 0 Å². The molecule has 1 aliphatic rings. The van der Waals surface area contributed by atoms with Gasteiger partial charge >= 0.3 is 0 Å². The maximum absolute atomic E-state index is 3.47. The largest absolute Gasteiger partial charge is 0.385 e. The molecule has 0 saturated carbocycles. The summed E-state index contributed by atoms with van der Waals surface area (Å²) in [5.41, 5.74) is 11.3. The van der Waals surface area contributed by atoms with E-state index in [2.05, 4.69) is 164 Å². The van der Waals surface area contributed by atoms with Gasteiger partial charge in [-0.25, -0.2) is 0 Å². The SMILES string of the molecule is CC1=C(c2cccc(-c3ccc4ccc(-c5c6ccccc6c(-c6ccccc6)c6ccccc56)cc4c3)c2)C=CCN1. The van der Waals surface area contributed by atoms with Gasteiger partial charge in [0.05, 0.1) is 0 Å². The average molecular weight is 550 g/mol. The minimum absolute atomic E-state index is 0.890. The van der Waals surface area contributed by atoms with Crippen molar-refractivity contribution in [3.05, 3.63) is 163 Å². The van der Waals surface area contributed by atoms with E-state index in [1.807, 2.05) is 0 Å². The number of hydrogen-bond donors (Lipinski definition) is 1. The first-order valence-corrected chi connectivity index (χ1v) is 15.0. The van der Waals surface area contributed by atoms with Crippen molar-refractivity contribution in [2.24, 2.45) is 0 Å². The van der Waals surface area contributed by atoms with Crippen LogP contribution in [0, 0.1) is 0 Å². The Hall–Kier alpha value is -5.40. The first-order chi connectivity index (χ1) is 21.2. The Morgan fingerprint density at radius 1 is 0.442 bits per heavy atom. The van der Waals surface area contributed by atoms with Crippen LogP contribution in [0.5, 0.6) is 0 Å². The number of dihydropyridines is 1. The topological polar surface area (TPSA) is 12.0 Å². The van der Waals surface area contributed by atoms with E-state index in [0.717, 1.165) is 6.54 Å². The molecule has 1 nitrogen and oxygen atoms in total. The highest BCUT2D eigenvalue weighted by molar-refractivity contribution is 6.21. The molecule has 0 aliphatic carbocycles. The molecule has 0 atom stereocenters. The van der Waals surface area contributed by atoms with Gasteiger partial charge in [-0.2, -0.15) is 0 Å². The number of fused-ring (bicyclic) bond motifs is 3. The molecule has 0 spiro atoms. The van der Waals surface area contributed by atoms with E-state index in [-0.39, 0.29) is 0 Å². The second kappa shape index (κ2) is 10.5. The van der Waals surface area contributed by atoms with Gasteiger partial charge in [-0.1, -0.05) is 133 Å². The highest BCUT2D eigenvalue weighted by Gasteiger charge is 2.16. The summed E-state index contributed by atoms with van der Waals surface area (Å²) < 4.78 is 0. The van der Waals surface area contributed by atoms with E-state index in [0.29, 0.717) is 0 Å². The third-order valence-corrected chi connectivity index (χ3v) is 8.80. The summed E-state index contributed by atoms with van der Waals surface area (Å²) in [6, 6.07) is 51.2. The number of rotatable bonds is 4. The Kier molecular flexibility index (Phi) is 6.16. The van der Waals surface area contributed by atoms with Crippen LogP contribution in [0.3, 0.4) is 0 Å².